The predicted octanol–water partition coefficient (Wildman–Crippen LogP) is 6.10. The van der Waals surface area contributed by atoms with Crippen molar-refractivity contribution in [2.45, 2.75) is 6.92 Å². The van der Waals surface area contributed by atoms with Gasteiger partial charge in [-0.3, -0.25) is 9.69 Å². The molecule has 3 nitrogen and oxygen atoms in total. The van der Waals surface area contributed by atoms with E-state index in [1.54, 1.807) is 4.90 Å². The van der Waals surface area contributed by atoms with E-state index in [0.29, 0.717) is 17.2 Å². The normalized spacial score (nSPS) is 15.3. The van der Waals surface area contributed by atoms with Gasteiger partial charge < -0.3 is 4.74 Å². The highest BCUT2D eigenvalue weighted by molar-refractivity contribution is 8.32. The summed E-state index contributed by atoms with van der Waals surface area (Å²) in [5, 5.41) is 1.42. The third-order valence-electron chi connectivity index (χ3n) is 4.10. The van der Waals surface area contributed by atoms with Crippen LogP contribution in [0.1, 0.15) is 12.5 Å². The maximum atomic E-state index is 12.4. The monoisotopic (exact) mass is 439 g/mol. The van der Waals surface area contributed by atoms with Gasteiger partial charge in [-0.1, -0.05) is 53.5 Å². The lowest BCUT2D eigenvalue weighted by Gasteiger charge is -2.25. The Morgan fingerprint density at radius 2 is 1.71 bits per heavy atom. The molecular formula is C22H27Cl2NO2S. The van der Waals surface area contributed by atoms with Gasteiger partial charge in [0.1, 0.15) is 6.73 Å². The predicted molar refractivity (Wildman–Crippen MR) is 125 cm³/mol. The van der Waals surface area contributed by atoms with Crippen LogP contribution in [0.2, 0.25) is 10.0 Å². The zero-order chi connectivity index (χ0) is 20.7. The van der Waals surface area contributed by atoms with E-state index in [-0.39, 0.29) is 12.6 Å². The number of fused-ring (bicyclic) bond motifs is 1. The van der Waals surface area contributed by atoms with Gasteiger partial charge in [-0.05, 0) is 50.0 Å². The van der Waals surface area contributed by atoms with Crippen LogP contribution in [-0.2, 0) is 9.53 Å². The number of hydrogen-bond acceptors (Lipinski definition) is 2. The van der Waals surface area contributed by atoms with Gasteiger partial charge in [-0.15, -0.1) is 0 Å². The minimum atomic E-state index is -0.577. The summed E-state index contributed by atoms with van der Waals surface area (Å²) < 4.78 is 5.71. The van der Waals surface area contributed by atoms with Crippen LogP contribution in [0, 0.1) is 0 Å². The number of nitrogens with zero attached hydrogens (tertiary/aromatic N) is 1. The molecule has 0 saturated carbocycles. The molecule has 3 rings (SSSR count). The number of carbonyl (C=O) groups is 1. The maximum absolute atomic E-state index is 12.4. The average Bonchev–Trinajstić information content (AvgIpc) is 2.89. The number of amides is 1. The second-order valence-electron chi connectivity index (χ2n) is 7.22. The molecule has 2 aromatic carbocycles. The quantitative estimate of drug-likeness (QED) is 0.416. The molecule has 0 saturated heterocycles. The number of benzene rings is 2. The highest BCUT2D eigenvalue weighted by Crippen LogP contribution is 2.38. The minimum absolute atomic E-state index is 0.0159. The Morgan fingerprint density at radius 1 is 1.04 bits per heavy atom. The van der Waals surface area contributed by atoms with Gasteiger partial charge in [0.25, 0.3) is 5.91 Å². The van der Waals surface area contributed by atoms with Crippen LogP contribution in [0.4, 0.5) is 5.69 Å². The number of rotatable bonds is 5. The Hall–Kier alpha value is -1.46. The Morgan fingerprint density at radius 3 is 2.25 bits per heavy atom. The molecule has 28 heavy (non-hydrogen) atoms. The van der Waals surface area contributed by atoms with E-state index in [1.165, 1.54) is 0 Å². The highest BCUT2D eigenvalue weighted by Gasteiger charge is 2.31. The van der Waals surface area contributed by atoms with Gasteiger partial charge >= 0.3 is 0 Å². The van der Waals surface area contributed by atoms with E-state index in [9.17, 15) is 4.79 Å². The van der Waals surface area contributed by atoms with E-state index in [1.807, 2.05) is 61.5 Å². The Balaban J connectivity index is 0.000000336. The molecule has 1 heterocycles. The molecule has 0 N–H and O–H groups in total. The van der Waals surface area contributed by atoms with E-state index < -0.39 is 10.0 Å². The van der Waals surface area contributed by atoms with Gasteiger partial charge in [0.05, 0.1) is 12.3 Å². The van der Waals surface area contributed by atoms with Crippen molar-refractivity contribution in [1.29, 1.82) is 0 Å². The topological polar surface area (TPSA) is 29.5 Å². The second kappa shape index (κ2) is 10.4. The van der Waals surface area contributed by atoms with Crippen molar-refractivity contribution in [3.8, 4) is 0 Å². The first-order valence-corrected chi connectivity index (χ1v) is 12.7. The molecule has 0 bridgehead atoms. The summed E-state index contributed by atoms with van der Waals surface area (Å²) >= 11 is 11.6. The van der Waals surface area contributed by atoms with Gasteiger partial charge in [0, 0.05) is 26.9 Å². The SMILES string of the molecule is C/C=C1/C(=O)N(COCCS(C)(C)C)c2cc(Cl)ccc21.Clc1ccccc1. The molecule has 0 atom stereocenters. The summed E-state index contributed by atoms with van der Waals surface area (Å²) in [4.78, 5) is 14.1. The van der Waals surface area contributed by atoms with E-state index in [0.717, 1.165) is 22.0 Å². The molecule has 0 aromatic heterocycles. The van der Waals surface area contributed by atoms with Crippen molar-refractivity contribution >= 4 is 50.4 Å². The number of carbonyl (C=O) groups excluding carboxylic acids is 1. The number of hydrogen-bond donors (Lipinski definition) is 0. The van der Waals surface area contributed by atoms with Crippen molar-refractivity contribution in [1.82, 2.24) is 0 Å². The summed E-state index contributed by atoms with van der Waals surface area (Å²) in [5.74, 6) is 1.02. The van der Waals surface area contributed by atoms with Crippen LogP contribution < -0.4 is 4.90 Å². The Labute approximate surface area is 179 Å². The fourth-order valence-electron chi connectivity index (χ4n) is 2.61. The van der Waals surface area contributed by atoms with Crippen molar-refractivity contribution < 1.29 is 9.53 Å². The van der Waals surface area contributed by atoms with Crippen molar-refractivity contribution in [3.05, 3.63) is 70.2 Å². The molecule has 152 valence electrons. The number of halogens is 2. The third-order valence-corrected chi connectivity index (χ3v) is 5.98. The van der Waals surface area contributed by atoms with E-state index in [2.05, 4.69) is 18.8 Å². The van der Waals surface area contributed by atoms with E-state index in [4.69, 9.17) is 27.9 Å². The lowest BCUT2D eigenvalue weighted by Crippen LogP contribution is -2.29. The number of ether oxygens (including phenoxy) is 1. The molecule has 2 aromatic rings. The van der Waals surface area contributed by atoms with Gasteiger partial charge in [0.2, 0.25) is 0 Å². The van der Waals surface area contributed by atoms with Gasteiger partial charge in [-0.25, -0.2) is 10.0 Å². The molecule has 0 fully saturated rings. The first kappa shape index (κ1) is 22.8. The average molecular weight is 440 g/mol. The lowest BCUT2D eigenvalue weighted by atomic mass is 10.1. The van der Waals surface area contributed by atoms with Crippen LogP contribution in [0.3, 0.4) is 0 Å². The molecule has 6 heteroatoms. The maximum Gasteiger partial charge on any atom is 0.260 e. The lowest BCUT2D eigenvalue weighted by molar-refractivity contribution is -0.114. The molecular weight excluding hydrogens is 413 g/mol. The van der Waals surface area contributed by atoms with Crippen LogP contribution in [0.25, 0.3) is 5.57 Å². The fourth-order valence-corrected chi connectivity index (χ4v) is 3.54. The molecule has 1 amide bonds. The minimum Gasteiger partial charge on any atom is -0.360 e. The Bertz CT molecular complexity index is 832. The summed E-state index contributed by atoms with van der Waals surface area (Å²) in [6, 6.07) is 15.0. The largest absolute Gasteiger partial charge is 0.360 e. The number of allylic oxidation sites excluding steroid dienone is 1. The van der Waals surface area contributed by atoms with Crippen molar-refractivity contribution in [2.75, 3.05) is 42.8 Å². The molecule has 0 unspecified atom stereocenters. The molecule has 1 aliphatic heterocycles. The summed E-state index contributed by atoms with van der Waals surface area (Å²) in [6.07, 6.45) is 8.60. The first-order valence-electron chi connectivity index (χ1n) is 8.95. The standard InChI is InChI=1S/C16H22ClNO2S.C6H5Cl/c1-5-13-14-7-6-12(17)10-15(14)18(16(13)19)11-20-8-9-21(2,3)4;7-6-4-2-1-3-5-6/h5-7,10H,8-9,11H2,1-4H3;1-5H/b13-5+;. The number of anilines is 1. The van der Waals surface area contributed by atoms with Crippen LogP contribution in [0.15, 0.2) is 54.6 Å². The second-order valence-corrected chi connectivity index (χ2v) is 12.7. The summed E-state index contributed by atoms with van der Waals surface area (Å²) in [6.45, 7) is 2.82. The smallest absolute Gasteiger partial charge is 0.260 e. The molecule has 0 aliphatic carbocycles. The van der Waals surface area contributed by atoms with Crippen LogP contribution >= 0.6 is 33.2 Å². The zero-order valence-electron chi connectivity index (χ0n) is 16.7. The third kappa shape index (κ3) is 6.56. The summed E-state index contributed by atoms with van der Waals surface area (Å²) in [7, 11) is -0.577. The van der Waals surface area contributed by atoms with Crippen molar-refractivity contribution in [3.63, 3.8) is 0 Å². The van der Waals surface area contributed by atoms with Crippen molar-refractivity contribution in [2.24, 2.45) is 0 Å². The van der Waals surface area contributed by atoms with E-state index >= 15 is 0 Å². The Kier molecular flexibility index (Phi) is 8.44. The first-order chi connectivity index (χ1) is 13.2. The highest BCUT2D eigenvalue weighted by atomic mass is 35.5. The molecule has 1 aliphatic rings. The van der Waals surface area contributed by atoms with Gasteiger partial charge in [-0.2, -0.15) is 0 Å². The molecule has 0 radical (unpaired) electrons. The van der Waals surface area contributed by atoms with Crippen LogP contribution in [0.5, 0.6) is 0 Å². The zero-order valence-corrected chi connectivity index (χ0v) is 19.1. The van der Waals surface area contributed by atoms with Gasteiger partial charge in [0.15, 0.2) is 0 Å². The molecule has 0 spiro atoms. The van der Waals surface area contributed by atoms with Crippen LogP contribution in [-0.4, -0.2) is 43.8 Å². The summed E-state index contributed by atoms with van der Waals surface area (Å²) in [5.41, 5.74) is 2.48. The fraction of sp³-hybridized carbons (Fsp3) is 0.318.